The van der Waals surface area contributed by atoms with Crippen LogP contribution in [0.3, 0.4) is 0 Å². The summed E-state index contributed by atoms with van der Waals surface area (Å²) < 4.78 is 35.5. The summed E-state index contributed by atoms with van der Waals surface area (Å²) >= 11 is 0. The number of anilines is 1. The minimum atomic E-state index is -4.13. The monoisotopic (exact) mass is 716 g/mol. The van der Waals surface area contributed by atoms with Crippen LogP contribution in [0.25, 0.3) is 0 Å². The number of nitrogens with two attached hydrogens (primary N) is 2. The molecule has 50 heavy (non-hydrogen) atoms. The number of rotatable bonds is 17. The van der Waals surface area contributed by atoms with E-state index in [9.17, 15) is 32.4 Å². The Balaban J connectivity index is 1.38. The number of nitrogens with one attached hydrogen (secondary N) is 3. The normalized spacial score (nSPS) is 23.0. The number of esters is 1. The standard InChI is InChI=1S/C35H52N6O8S/c1-21-12-13-24(25(19-21)34(46)38-16-5-3-4-11-30(44)49-33-27(42)14-15-28(33)43)32(45)26(9-7-17-39-35(36)37)41-50(47,48)29-10-6-8-23-18-22(2)20-40-31(23)29/h6,8,10,21-22,24-26,33,40-41H,3-5,7,9,11-20H2,1-2H3,(H,38,46)(H4,36,37,39)/t21-,22?,24?,25+,26+/m1/s1. The second kappa shape index (κ2) is 17.9. The van der Waals surface area contributed by atoms with Crippen LogP contribution in [-0.4, -0.2) is 75.4 Å². The lowest BCUT2D eigenvalue weighted by Gasteiger charge is -2.35. The van der Waals surface area contributed by atoms with Gasteiger partial charge in [0.25, 0.3) is 0 Å². The number of ether oxygens (including phenoxy) is 1. The molecule has 2 fully saturated rings. The third kappa shape index (κ3) is 10.6. The topological polar surface area (TPSA) is 229 Å². The lowest BCUT2D eigenvalue weighted by molar-refractivity contribution is -0.157. The van der Waals surface area contributed by atoms with Crippen LogP contribution in [0.1, 0.15) is 90.0 Å². The molecule has 0 spiro atoms. The van der Waals surface area contributed by atoms with Crippen LogP contribution in [0.5, 0.6) is 0 Å². The van der Waals surface area contributed by atoms with E-state index in [0.29, 0.717) is 63.2 Å². The summed E-state index contributed by atoms with van der Waals surface area (Å²) in [6.07, 6.45) is 3.55. The molecule has 4 rings (SSSR count). The van der Waals surface area contributed by atoms with Gasteiger partial charge in [-0.05, 0) is 74.8 Å². The van der Waals surface area contributed by atoms with Crippen LogP contribution in [0.2, 0.25) is 0 Å². The quantitative estimate of drug-likeness (QED) is 0.0516. The number of carbonyl (C=O) groups excluding carboxylic acids is 5. The highest BCUT2D eigenvalue weighted by Crippen LogP contribution is 2.36. The van der Waals surface area contributed by atoms with E-state index in [1.165, 1.54) is 6.07 Å². The maximum atomic E-state index is 14.2. The van der Waals surface area contributed by atoms with E-state index in [0.717, 1.165) is 18.4 Å². The molecule has 1 aromatic rings. The molecule has 2 aliphatic carbocycles. The van der Waals surface area contributed by atoms with Gasteiger partial charge in [-0.25, -0.2) is 13.1 Å². The number of aliphatic imine (C=N–C) groups is 1. The minimum absolute atomic E-state index is 0.0587. The first-order valence-electron chi connectivity index (χ1n) is 17.8. The second-order valence-corrected chi connectivity index (χ2v) is 15.7. The highest BCUT2D eigenvalue weighted by Gasteiger charge is 2.42. The molecule has 0 bridgehead atoms. The van der Waals surface area contributed by atoms with Crippen molar-refractivity contribution in [2.75, 3.05) is 25.0 Å². The third-order valence-corrected chi connectivity index (χ3v) is 11.3. The number of sulfonamides is 1. The molecular weight excluding hydrogens is 664 g/mol. The first kappa shape index (κ1) is 38.9. The maximum Gasteiger partial charge on any atom is 0.306 e. The molecule has 2 saturated carbocycles. The SMILES string of the molecule is CC1CNc2c(cccc2S(=O)(=O)N[C@@H](CCCN=C(N)N)C(=O)C2CC[C@@H](C)C[C@@H]2C(=O)NCCCCCC(=O)OC2C(=O)CCC2=O)C1. The number of guanidine groups is 1. The van der Waals surface area contributed by atoms with Crippen molar-refractivity contribution in [1.29, 1.82) is 0 Å². The average molecular weight is 717 g/mol. The molecule has 3 aliphatic rings. The lowest BCUT2D eigenvalue weighted by Crippen LogP contribution is -2.49. The predicted molar refractivity (Wildman–Crippen MR) is 187 cm³/mol. The Morgan fingerprint density at radius 2 is 1.74 bits per heavy atom. The second-order valence-electron chi connectivity index (χ2n) is 14.0. The van der Waals surface area contributed by atoms with Crippen LogP contribution in [0.15, 0.2) is 28.1 Å². The van der Waals surface area contributed by atoms with Crippen molar-refractivity contribution in [3.8, 4) is 0 Å². The molecule has 0 radical (unpaired) electrons. The van der Waals surface area contributed by atoms with Crippen molar-refractivity contribution in [3.63, 3.8) is 0 Å². The van der Waals surface area contributed by atoms with Crippen molar-refractivity contribution < 1.29 is 37.1 Å². The van der Waals surface area contributed by atoms with Gasteiger partial charge in [-0.2, -0.15) is 0 Å². The van der Waals surface area contributed by atoms with Gasteiger partial charge < -0.3 is 26.8 Å². The van der Waals surface area contributed by atoms with Crippen LogP contribution < -0.4 is 26.8 Å². The van der Waals surface area contributed by atoms with Gasteiger partial charge in [0.05, 0.1) is 11.7 Å². The van der Waals surface area contributed by atoms with Gasteiger partial charge in [-0.15, -0.1) is 0 Å². The fraction of sp³-hybridized carbons (Fsp3) is 0.657. The summed E-state index contributed by atoms with van der Waals surface area (Å²) in [4.78, 5) is 67.3. The molecule has 276 valence electrons. The number of ketones is 3. The average Bonchev–Trinajstić information content (AvgIpc) is 3.38. The number of unbranched alkanes of at least 4 members (excludes halogenated alkanes) is 2. The van der Waals surface area contributed by atoms with E-state index < -0.39 is 40.0 Å². The van der Waals surface area contributed by atoms with E-state index >= 15 is 0 Å². The summed E-state index contributed by atoms with van der Waals surface area (Å²) in [5.74, 6) is -2.75. The summed E-state index contributed by atoms with van der Waals surface area (Å²) in [6, 6.07) is 4.05. The molecule has 0 saturated heterocycles. The summed E-state index contributed by atoms with van der Waals surface area (Å²) in [5, 5.41) is 6.19. The molecule has 1 amide bonds. The molecule has 1 heterocycles. The summed E-state index contributed by atoms with van der Waals surface area (Å²) in [7, 11) is -4.13. The largest absolute Gasteiger partial charge is 0.446 e. The maximum absolute atomic E-state index is 14.2. The molecule has 1 aromatic carbocycles. The third-order valence-electron chi connectivity index (χ3n) is 9.81. The zero-order chi connectivity index (χ0) is 36.4. The number of hydrogen-bond donors (Lipinski definition) is 5. The number of nitrogens with zero attached hydrogens (tertiary/aromatic N) is 1. The molecule has 2 unspecified atom stereocenters. The van der Waals surface area contributed by atoms with Gasteiger partial charge >= 0.3 is 5.97 Å². The zero-order valence-corrected chi connectivity index (χ0v) is 29.9. The first-order valence-corrected chi connectivity index (χ1v) is 19.2. The van der Waals surface area contributed by atoms with Crippen molar-refractivity contribution >= 4 is 50.9 Å². The van der Waals surface area contributed by atoms with Crippen molar-refractivity contribution in [2.24, 2.45) is 40.1 Å². The Labute approximate surface area is 294 Å². The van der Waals surface area contributed by atoms with E-state index in [-0.39, 0.29) is 72.3 Å². The number of hydrogen-bond acceptors (Lipinski definition) is 10. The Morgan fingerprint density at radius 3 is 2.46 bits per heavy atom. The lowest BCUT2D eigenvalue weighted by atomic mass is 9.71. The zero-order valence-electron chi connectivity index (χ0n) is 29.1. The smallest absolute Gasteiger partial charge is 0.306 e. The number of para-hydroxylation sites is 1. The Bertz CT molecular complexity index is 1540. The molecular formula is C35H52N6O8S. The number of carbonyl (C=O) groups is 5. The Hall–Kier alpha value is -3.85. The number of fused-ring (bicyclic) bond motifs is 1. The fourth-order valence-corrected chi connectivity index (χ4v) is 8.57. The minimum Gasteiger partial charge on any atom is -0.446 e. The van der Waals surface area contributed by atoms with Gasteiger partial charge in [0, 0.05) is 50.7 Å². The van der Waals surface area contributed by atoms with Crippen LogP contribution in [-0.2, 0) is 45.2 Å². The van der Waals surface area contributed by atoms with Gasteiger partial charge in [0.15, 0.2) is 23.3 Å². The molecule has 1 aliphatic heterocycles. The Kier molecular flexibility index (Phi) is 13.9. The highest BCUT2D eigenvalue weighted by molar-refractivity contribution is 7.89. The Morgan fingerprint density at radius 1 is 1.00 bits per heavy atom. The highest BCUT2D eigenvalue weighted by atomic mass is 32.2. The summed E-state index contributed by atoms with van der Waals surface area (Å²) in [6.45, 7) is 5.31. The molecule has 7 N–H and O–H groups in total. The first-order chi connectivity index (χ1) is 23.8. The fourth-order valence-electron chi connectivity index (χ4n) is 7.10. The molecule has 5 atom stereocenters. The molecule has 15 heteroatoms. The van der Waals surface area contributed by atoms with E-state index in [1.54, 1.807) is 6.07 Å². The van der Waals surface area contributed by atoms with Crippen LogP contribution in [0, 0.1) is 23.7 Å². The van der Waals surface area contributed by atoms with Gasteiger partial charge in [-0.1, -0.05) is 32.4 Å². The van der Waals surface area contributed by atoms with Gasteiger partial charge in [0.2, 0.25) is 22.0 Å². The van der Waals surface area contributed by atoms with E-state index in [1.807, 2.05) is 13.0 Å². The predicted octanol–water partition coefficient (Wildman–Crippen LogP) is 2.13. The number of benzene rings is 1. The van der Waals surface area contributed by atoms with Crippen molar-refractivity contribution in [1.82, 2.24) is 10.0 Å². The van der Waals surface area contributed by atoms with Crippen molar-refractivity contribution in [3.05, 3.63) is 23.8 Å². The number of Topliss-reactive ketones (excluding diaryl/α,β-unsaturated/α-hetero) is 3. The van der Waals surface area contributed by atoms with Crippen LogP contribution >= 0.6 is 0 Å². The van der Waals surface area contributed by atoms with Gasteiger partial charge in [0.1, 0.15) is 4.90 Å². The van der Waals surface area contributed by atoms with Gasteiger partial charge in [-0.3, -0.25) is 29.0 Å². The van der Waals surface area contributed by atoms with Crippen molar-refractivity contribution in [2.45, 2.75) is 108 Å². The molecule has 14 nitrogen and oxygen atoms in total. The number of amides is 1. The molecule has 0 aromatic heterocycles. The summed E-state index contributed by atoms with van der Waals surface area (Å²) in [5.41, 5.74) is 12.4. The van der Waals surface area contributed by atoms with Crippen LogP contribution in [0.4, 0.5) is 5.69 Å². The van der Waals surface area contributed by atoms with E-state index in [4.69, 9.17) is 16.2 Å². The van der Waals surface area contributed by atoms with E-state index in [2.05, 4.69) is 27.3 Å².